The number of non-ortho nitro benzene ring substituents is 1. The van der Waals surface area contributed by atoms with Crippen molar-refractivity contribution in [2.75, 3.05) is 6.61 Å². The molecule has 1 aromatic carbocycles. The van der Waals surface area contributed by atoms with E-state index < -0.39 is 23.7 Å². The van der Waals surface area contributed by atoms with E-state index in [0.29, 0.717) is 12.0 Å². The molecule has 1 amide bonds. The highest BCUT2D eigenvalue weighted by molar-refractivity contribution is 5.76. The number of carbonyl (C=O) groups is 1. The van der Waals surface area contributed by atoms with Crippen LogP contribution in [0.1, 0.15) is 102 Å². The van der Waals surface area contributed by atoms with Crippen LogP contribution in [-0.2, 0) is 4.79 Å². The molecule has 2 atom stereocenters. The van der Waals surface area contributed by atoms with Gasteiger partial charge in [-0.25, -0.2) is 0 Å². The Hall–Kier alpha value is -1.99. The van der Waals surface area contributed by atoms with Crippen LogP contribution in [0.5, 0.6) is 0 Å². The number of hydrogen-bond donors (Lipinski definition) is 3. The van der Waals surface area contributed by atoms with Gasteiger partial charge in [-0.05, 0) is 24.1 Å². The largest absolute Gasteiger partial charge is 0.394 e. The van der Waals surface area contributed by atoms with Gasteiger partial charge in [0, 0.05) is 18.6 Å². The minimum absolute atomic E-state index is 0.0764. The summed E-state index contributed by atoms with van der Waals surface area (Å²) >= 11 is 0. The van der Waals surface area contributed by atoms with Gasteiger partial charge in [-0.15, -0.1) is 0 Å². The summed E-state index contributed by atoms with van der Waals surface area (Å²) < 4.78 is 0. The van der Waals surface area contributed by atoms with E-state index in [4.69, 9.17) is 0 Å². The molecule has 1 aromatic rings. The van der Waals surface area contributed by atoms with Gasteiger partial charge in [0.05, 0.1) is 17.6 Å². The lowest BCUT2D eigenvalue weighted by Crippen LogP contribution is -2.41. The van der Waals surface area contributed by atoms with Crippen molar-refractivity contribution in [1.82, 2.24) is 5.32 Å². The SMILES string of the molecule is CCCCCCCCCCCCCCC(=O)N[C@H](CO)[C@H](O)c1ccc([N+](=O)[O-])cc1. The van der Waals surface area contributed by atoms with Crippen molar-refractivity contribution >= 4 is 11.6 Å². The van der Waals surface area contributed by atoms with Gasteiger partial charge in [-0.1, -0.05) is 77.6 Å². The lowest BCUT2D eigenvalue weighted by Gasteiger charge is -2.22. The number of hydrogen-bond acceptors (Lipinski definition) is 5. The second-order valence-electron chi connectivity index (χ2n) is 8.29. The molecule has 3 N–H and O–H groups in total. The average Bonchev–Trinajstić information content (AvgIpc) is 2.77. The Balaban J connectivity index is 2.16. The van der Waals surface area contributed by atoms with Crippen LogP contribution >= 0.6 is 0 Å². The number of rotatable bonds is 18. The second kappa shape index (κ2) is 16.7. The van der Waals surface area contributed by atoms with E-state index in [0.717, 1.165) is 19.3 Å². The molecule has 31 heavy (non-hydrogen) atoms. The summed E-state index contributed by atoms with van der Waals surface area (Å²) in [6.07, 6.45) is 13.9. The van der Waals surface area contributed by atoms with Crippen molar-refractivity contribution in [2.45, 2.75) is 103 Å². The Morgan fingerprint density at radius 2 is 1.42 bits per heavy atom. The first kappa shape index (κ1) is 27.0. The monoisotopic (exact) mass is 436 g/mol. The number of nitrogens with one attached hydrogen (secondary N) is 1. The van der Waals surface area contributed by atoms with Gasteiger partial charge < -0.3 is 15.5 Å². The summed E-state index contributed by atoms with van der Waals surface area (Å²) in [5.41, 5.74) is 0.336. The molecular weight excluding hydrogens is 396 g/mol. The van der Waals surface area contributed by atoms with Crippen LogP contribution < -0.4 is 5.32 Å². The smallest absolute Gasteiger partial charge is 0.269 e. The van der Waals surface area contributed by atoms with Gasteiger partial charge in [0.15, 0.2) is 0 Å². The highest BCUT2D eigenvalue weighted by Gasteiger charge is 2.22. The first-order chi connectivity index (χ1) is 15.0. The fourth-order valence-electron chi connectivity index (χ4n) is 3.66. The third-order valence-corrected chi connectivity index (χ3v) is 5.63. The van der Waals surface area contributed by atoms with E-state index in [2.05, 4.69) is 12.2 Å². The first-order valence-electron chi connectivity index (χ1n) is 11.8. The second-order valence-corrected chi connectivity index (χ2v) is 8.29. The molecule has 0 aliphatic heterocycles. The molecule has 7 heteroatoms. The number of amides is 1. The number of nitro groups is 1. The van der Waals surface area contributed by atoms with E-state index in [1.54, 1.807) is 0 Å². The third kappa shape index (κ3) is 11.8. The molecule has 0 unspecified atom stereocenters. The number of unbranched alkanes of at least 4 members (excludes halogenated alkanes) is 11. The summed E-state index contributed by atoms with van der Waals surface area (Å²) in [7, 11) is 0. The molecule has 0 saturated heterocycles. The topological polar surface area (TPSA) is 113 Å². The van der Waals surface area contributed by atoms with Crippen LogP contribution in [0.25, 0.3) is 0 Å². The molecule has 0 bridgehead atoms. The fraction of sp³-hybridized carbons (Fsp3) is 0.708. The lowest BCUT2D eigenvalue weighted by atomic mass is 10.0. The zero-order valence-electron chi connectivity index (χ0n) is 18.9. The Morgan fingerprint density at radius 1 is 0.935 bits per heavy atom. The highest BCUT2D eigenvalue weighted by atomic mass is 16.6. The van der Waals surface area contributed by atoms with Gasteiger partial charge in [-0.2, -0.15) is 0 Å². The molecule has 0 aliphatic rings. The quantitative estimate of drug-likeness (QED) is 0.166. The van der Waals surface area contributed by atoms with Crippen LogP contribution in [0, 0.1) is 10.1 Å². The minimum atomic E-state index is -1.13. The molecule has 0 fully saturated rings. The standard InChI is InChI=1S/C24H40N2O5/c1-2-3-4-5-6-7-8-9-10-11-12-13-14-23(28)25-22(19-27)24(29)20-15-17-21(18-16-20)26(30)31/h15-18,22,24,27,29H,2-14,19H2,1H3,(H,25,28)/t22-,24-/m1/s1. The third-order valence-electron chi connectivity index (χ3n) is 5.63. The minimum Gasteiger partial charge on any atom is -0.394 e. The molecule has 0 aliphatic carbocycles. The molecule has 0 heterocycles. The van der Waals surface area contributed by atoms with Crippen LogP contribution in [-0.4, -0.2) is 33.7 Å². The molecule has 0 spiro atoms. The molecule has 0 aromatic heterocycles. The maximum Gasteiger partial charge on any atom is 0.269 e. The van der Waals surface area contributed by atoms with E-state index >= 15 is 0 Å². The first-order valence-corrected chi connectivity index (χ1v) is 11.8. The van der Waals surface area contributed by atoms with E-state index in [9.17, 15) is 25.1 Å². The summed E-state index contributed by atoms with van der Waals surface area (Å²) in [6, 6.07) is 4.61. The van der Waals surface area contributed by atoms with Crippen molar-refractivity contribution in [3.05, 3.63) is 39.9 Å². The van der Waals surface area contributed by atoms with Gasteiger partial charge in [0.25, 0.3) is 5.69 Å². The maximum atomic E-state index is 12.2. The van der Waals surface area contributed by atoms with Crippen molar-refractivity contribution in [2.24, 2.45) is 0 Å². The van der Waals surface area contributed by atoms with Gasteiger partial charge in [0.2, 0.25) is 5.91 Å². The normalized spacial score (nSPS) is 13.0. The molecule has 1 rings (SSSR count). The van der Waals surface area contributed by atoms with E-state index in [-0.39, 0.29) is 11.6 Å². The maximum absolute atomic E-state index is 12.2. The number of nitro benzene ring substituents is 1. The summed E-state index contributed by atoms with van der Waals surface area (Å²) in [6.45, 7) is 1.82. The molecular formula is C24H40N2O5. The van der Waals surface area contributed by atoms with Crippen molar-refractivity contribution in [3.63, 3.8) is 0 Å². The highest BCUT2D eigenvalue weighted by Crippen LogP contribution is 2.20. The van der Waals surface area contributed by atoms with Gasteiger partial charge in [-0.3, -0.25) is 14.9 Å². The zero-order valence-corrected chi connectivity index (χ0v) is 18.9. The number of benzene rings is 1. The number of nitrogens with zero attached hydrogens (tertiary/aromatic N) is 1. The van der Waals surface area contributed by atoms with Crippen LogP contribution in [0.2, 0.25) is 0 Å². The molecule has 7 nitrogen and oxygen atoms in total. The number of aliphatic hydroxyl groups excluding tert-OH is 2. The molecule has 176 valence electrons. The summed E-state index contributed by atoms with van der Waals surface area (Å²) in [5.74, 6) is -0.202. The summed E-state index contributed by atoms with van der Waals surface area (Å²) in [4.78, 5) is 22.4. The fourth-order valence-corrected chi connectivity index (χ4v) is 3.66. The average molecular weight is 437 g/mol. The van der Waals surface area contributed by atoms with Crippen molar-refractivity contribution in [1.29, 1.82) is 0 Å². The Labute approximate surface area is 186 Å². The van der Waals surface area contributed by atoms with Crippen LogP contribution in [0.15, 0.2) is 24.3 Å². The zero-order chi connectivity index (χ0) is 22.9. The Bertz CT molecular complexity index is 621. The molecule has 0 saturated carbocycles. The van der Waals surface area contributed by atoms with Crippen molar-refractivity contribution < 1.29 is 19.9 Å². The van der Waals surface area contributed by atoms with E-state index in [1.165, 1.54) is 82.1 Å². The lowest BCUT2D eigenvalue weighted by molar-refractivity contribution is -0.384. The van der Waals surface area contributed by atoms with Crippen molar-refractivity contribution in [3.8, 4) is 0 Å². The molecule has 0 radical (unpaired) electrons. The summed E-state index contributed by atoms with van der Waals surface area (Å²) in [5, 5.41) is 33.3. The Morgan fingerprint density at radius 3 is 1.87 bits per heavy atom. The number of aliphatic hydroxyl groups is 2. The predicted octanol–water partition coefficient (Wildman–Crippen LogP) is 5.20. The predicted molar refractivity (Wildman–Crippen MR) is 123 cm³/mol. The van der Waals surface area contributed by atoms with Crippen LogP contribution in [0.4, 0.5) is 5.69 Å². The number of carbonyl (C=O) groups excluding carboxylic acids is 1. The van der Waals surface area contributed by atoms with Crippen LogP contribution in [0.3, 0.4) is 0 Å². The van der Waals surface area contributed by atoms with Gasteiger partial charge in [0.1, 0.15) is 6.10 Å². The Kier molecular flexibility index (Phi) is 14.5. The van der Waals surface area contributed by atoms with E-state index in [1.807, 2.05) is 0 Å². The van der Waals surface area contributed by atoms with Gasteiger partial charge >= 0.3 is 0 Å².